The van der Waals surface area contributed by atoms with Crippen LogP contribution in [0, 0.1) is 17.8 Å². The van der Waals surface area contributed by atoms with E-state index in [0.717, 1.165) is 12.8 Å². The molecule has 0 aromatic heterocycles. The highest BCUT2D eigenvalue weighted by Crippen LogP contribution is 2.55. The van der Waals surface area contributed by atoms with Gasteiger partial charge in [0.25, 0.3) is 0 Å². The van der Waals surface area contributed by atoms with Gasteiger partial charge in [-0.15, -0.1) is 0 Å². The van der Waals surface area contributed by atoms with Crippen LogP contribution in [-0.2, 0) is 9.59 Å². The van der Waals surface area contributed by atoms with E-state index < -0.39 is 0 Å². The van der Waals surface area contributed by atoms with Crippen molar-refractivity contribution in [1.82, 2.24) is 5.32 Å². The van der Waals surface area contributed by atoms with E-state index in [1.807, 2.05) is 0 Å². The molecule has 0 aromatic carbocycles. The van der Waals surface area contributed by atoms with Gasteiger partial charge in [-0.05, 0) is 37.5 Å². The van der Waals surface area contributed by atoms with E-state index in [1.165, 1.54) is 25.7 Å². The van der Waals surface area contributed by atoms with Crippen molar-refractivity contribution >= 4 is 11.7 Å². The molecule has 0 radical (unpaired) electrons. The van der Waals surface area contributed by atoms with E-state index in [9.17, 15) is 9.59 Å². The number of amides is 1. The number of ketones is 1. The Morgan fingerprint density at radius 2 is 1.59 bits per heavy atom. The van der Waals surface area contributed by atoms with Gasteiger partial charge < -0.3 is 5.32 Å². The number of fused-ring (bicyclic) bond motifs is 1. The van der Waals surface area contributed by atoms with Crippen LogP contribution in [0.5, 0.6) is 0 Å². The Morgan fingerprint density at radius 1 is 1.00 bits per heavy atom. The molecular formula is C14H21NO2. The van der Waals surface area contributed by atoms with Crippen molar-refractivity contribution in [3.8, 4) is 0 Å². The number of Topliss-reactive ketones (excluding diaryl/α,β-unsaturated/α-hetero) is 1. The Morgan fingerprint density at radius 3 is 2.18 bits per heavy atom. The normalized spacial score (nSPS) is 37.4. The van der Waals surface area contributed by atoms with E-state index in [1.54, 1.807) is 0 Å². The quantitative estimate of drug-likeness (QED) is 0.796. The summed E-state index contributed by atoms with van der Waals surface area (Å²) < 4.78 is 0. The zero-order chi connectivity index (χ0) is 11.8. The van der Waals surface area contributed by atoms with Crippen molar-refractivity contribution < 1.29 is 9.59 Å². The van der Waals surface area contributed by atoms with Crippen LogP contribution in [0.2, 0.25) is 0 Å². The van der Waals surface area contributed by atoms with Crippen LogP contribution in [0.4, 0.5) is 0 Å². The van der Waals surface area contributed by atoms with E-state index in [2.05, 4.69) is 5.32 Å². The fourth-order valence-corrected chi connectivity index (χ4v) is 3.76. The lowest BCUT2D eigenvalue weighted by Gasteiger charge is -2.22. The fourth-order valence-electron chi connectivity index (χ4n) is 3.76. The standard InChI is InChI=1S/C14H21NO2/c16-10-7-5-9(6-8-10)15-14(17)13-11-3-1-2-4-12(11)13/h9,11-13H,1-8H2,(H,15,17). The minimum absolute atomic E-state index is 0.267. The van der Waals surface area contributed by atoms with Crippen LogP contribution in [0.25, 0.3) is 0 Å². The maximum atomic E-state index is 12.1. The smallest absolute Gasteiger partial charge is 0.223 e. The number of rotatable bonds is 2. The highest BCUT2D eigenvalue weighted by molar-refractivity contribution is 5.83. The van der Waals surface area contributed by atoms with Gasteiger partial charge in [0.15, 0.2) is 0 Å². The number of hydrogen-bond donors (Lipinski definition) is 1. The third-order valence-electron chi connectivity index (χ3n) is 4.85. The number of hydrogen-bond acceptors (Lipinski definition) is 2. The summed E-state index contributed by atoms with van der Waals surface area (Å²) >= 11 is 0. The maximum absolute atomic E-state index is 12.1. The van der Waals surface area contributed by atoms with E-state index in [-0.39, 0.29) is 11.9 Å². The van der Waals surface area contributed by atoms with Crippen LogP contribution in [-0.4, -0.2) is 17.7 Å². The average Bonchev–Trinajstić information content (AvgIpc) is 3.06. The lowest BCUT2D eigenvalue weighted by molar-refractivity contribution is -0.126. The topological polar surface area (TPSA) is 46.2 Å². The monoisotopic (exact) mass is 235 g/mol. The van der Waals surface area contributed by atoms with Gasteiger partial charge in [0.05, 0.1) is 0 Å². The molecule has 0 bridgehead atoms. The van der Waals surface area contributed by atoms with Crippen LogP contribution >= 0.6 is 0 Å². The second-order valence-corrected chi connectivity index (χ2v) is 5.96. The Balaban J connectivity index is 1.49. The predicted octanol–water partition coefficient (Wildman–Crippen LogP) is 2.05. The molecule has 2 atom stereocenters. The Hall–Kier alpha value is -0.860. The Kier molecular flexibility index (Phi) is 2.93. The first-order valence-corrected chi connectivity index (χ1v) is 7.08. The lowest BCUT2D eigenvalue weighted by Crippen LogP contribution is -2.39. The molecule has 1 N–H and O–H groups in total. The van der Waals surface area contributed by atoms with Gasteiger partial charge in [-0.2, -0.15) is 0 Å². The minimum Gasteiger partial charge on any atom is -0.353 e. The van der Waals surface area contributed by atoms with Gasteiger partial charge in [-0.3, -0.25) is 9.59 Å². The molecule has 1 amide bonds. The minimum atomic E-state index is 0.267. The SMILES string of the molecule is O=C1CCC(NC(=O)C2C3CCCCC32)CC1. The highest BCUT2D eigenvalue weighted by Gasteiger charge is 2.54. The van der Waals surface area contributed by atoms with Crippen LogP contribution in [0.1, 0.15) is 51.4 Å². The number of carbonyl (C=O) groups excluding carboxylic acids is 2. The molecule has 3 aliphatic rings. The van der Waals surface area contributed by atoms with Crippen LogP contribution in [0.15, 0.2) is 0 Å². The molecule has 3 heteroatoms. The van der Waals surface area contributed by atoms with Gasteiger partial charge >= 0.3 is 0 Å². The zero-order valence-corrected chi connectivity index (χ0v) is 10.3. The molecular weight excluding hydrogens is 214 g/mol. The van der Waals surface area contributed by atoms with Crippen molar-refractivity contribution in [3.05, 3.63) is 0 Å². The van der Waals surface area contributed by atoms with Crippen molar-refractivity contribution in [2.75, 3.05) is 0 Å². The summed E-state index contributed by atoms with van der Waals surface area (Å²) in [5.74, 6) is 2.33. The van der Waals surface area contributed by atoms with E-state index in [4.69, 9.17) is 0 Å². The first-order chi connectivity index (χ1) is 8.25. The largest absolute Gasteiger partial charge is 0.353 e. The molecule has 2 unspecified atom stereocenters. The van der Waals surface area contributed by atoms with E-state index >= 15 is 0 Å². The molecule has 0 aliphatic heterocycles. The third-order valence-corrected chi connectivity index (χ3v) is 4.85. The molecule has 17 heavy (non-hydrogen) atoms. The van der Waals surface area contributed by atoms with Gasteiger partial charge in [0.2, 0.25) is 5.91 Å². The van der Waals surface area contributed by atoms with Gasteiger partial charge in [-0.25, -0.2) is 0 Å². The summed E-state index contributed by atoms with van der Waals surface area (Å²) in [6.07, 6.45) is 8.15. The third kappa shape index (κ3) is 2.24. The first kappa shape index (κ1) is 11.2. The summed E-state index contributed by atoms with van der Waals surface area (Å²) in [5.41, 5.74) is 0. The van der Waals surface area contributed by atoms with Crippen LogP contribution < -0.4 is 5.32 Å². The van der Waals surface area contributed by atoms with Crippen molar-refractivity contribution in [1.29, 1.82) is 0 Å². The number of nitrogens with one attached hydrogen (secondary N) is 1. The fraction of sp³-hybridized carbons (Fsp3) is 0.857. The lowest BCUT2D eigenvalue weighted by atomic mass is 9.94. The van der Waals surface area contributed by atoms with Crippen molar-refractivity contribution in [3.63, 3.8) is 0 Å². The van der Waals surface area contributed by atoms with Gasteiger partial charge in [0, 0.05) is 24.8 Å². The average molecular weight is 235 g/mol. The summed E-state index contributed by atoms with van der Waals surface area (Å²) in [5, 5.41) is 3.17. The summed E-state index contributed by atoms with van der Waals surface area (Å²) in [6.45, 7) is 0. The maximum Gasteiger partial charge on any atom is 0.223 e. The number of carbonyl (C=O) groups is 2. The molecule has 3 nitrogen and oxygen atoms in total. The predicted molar refractivity (Wildman–Crippen MR) is 64.3 cm³/mol. The van der Waals surface area contributed by atoms with Crippen LogP contribution in [0.3, 0.4) is 0 Å². The molecule has 0 heterocycles. The molecule has 0 aromatic rings. The summed E-state index contributed by atoms with van der Waals surface area (Å²) in [6, 6.07) is 0.267. The molecule has 94 valence electrons. The van der Waals surface area contributed by atoms with Gasteiger partial charge in [0.1, 0.15) is 5.78 Å². The second kappa shape index (κ2) is 4.43. The van der Waals surface area contributed by atoms with Crippen molar-refractivity contribution in [2.45, 2.75) is 57.4 Å². The Bertz CT molecular complexity index is 317. The van der Waals surface area contributed by atoms with Gasteiger partial charge in [-0.1, -0.05) is 12.8 Å². The highest BCUT2D eigenvalue weighted by atomic mass is 16.2. The van der Waals surface area contributed by atoms with Crippen molar-refractivity contribution in [2.24, 2.45) is 17.8 Å². The second-order valence-electron chi connectivity index (χ2n) is 5.96. The first-order valence-electron chi connectivity index (χ1n) is 7.08. The van der Waals surface area contributed by atoms with E-state index in [0.29, 0.717) is 36.4 Å². The molecule has 3 rings (SSSR count). The molecule has 3 saturated carbocycles. The summed E-state index contributed by atoms with van der Waals surface area (Å²) in [7, 11) is 0. The molecule has 3 fully saturated rings. The molecule has 0 saturated heterocycles. The zero-order valence-electron chi connectivity index (χ0n) is 10.3. The molecule has 0 spiro atoms. The Labute approximate surface area is 102 Å². The summed E-state index contributed by atoms with van der Waals surface area (Å²) in [4.78, 5) is 23.3. The molecule has 3 aliphatic carbocycles.